The summed E-state index contributed by atoms with van der Waals surface area (Å²) in [4.78, 5) is 4.69. The van der Waals surface area contributed by atoms with Crippen LogP contribution in [0.15, 0.2) is 0 Å². The lowest BCUT2D eigenvalue weighted by atomic mass is 10.1. The van der Waals surface area contributed by atoms with E-state index in [0.717, 1.165) is 24.7 Å². The highest BCUT2D eigenvalue weighted by Gasteiger charge is 2.24. The summed E-state index contributed by atoms with van der Waals surface area (Å²) in [6.45, 7) is 8.12. The fourth-order valence-corrected chi connectivity index (χ4v) is 2.53. The minimum Gasteiger partial charge on any atom is -0.383 e. The second-order valence-electron chi connectivity index (χ2n) is 4.79. The van der Waals surface area contributed by atoms with Crippen molar-refractivity contribution >= 4 is 17.3 Å². The van der Waals surface area contributed by atoms with Crippen LogP contribution < -0.4 is 5.32 Å². The number of thiocarbonyl (C=S) groups is 1. The number of hydrogen-bond acceptors (Lipinski definition) is 3. The molecule has 100 valence electrons. The monoisotopic (exact) mass is 259 g/mol. The molecule has 1 saturated heterocycles. The van der Waals surface area contributed by atoms with E-state index in [4.69, 9.17) is 17.0 Å². The van der Waals surface area contributed by atoms with E-state index in [1.807, 2.05) is 0 Å². The molecule has 1 aliphatic rings. The number of nitrogens with one attached hydrogen (secondary N) is 1. The van der Waals surface area contributed by atoms with Crippen molar-refractivity contribution in [1.82, 2.24) is 15.1 Å². The molecule has 0 aromatic heterocycles. The Hall–Kier alpha value is -0.390. The maximum atomic E-state index is 5.44. The SMILES string of the molecule is CCC1CN(C(=S)NC(C)COC)CCN1C. The average Bonchev–Trinajstić information content (AvgIpc) is 2.29. The molecule has 1 rings (SSSR count). The number of piperazine rings is 1. The van der Waals surface area contributed by atoms with E-state index in [-0.39, 0.29) is 6.04 Å². The summed E-state index contributed by atoms with van der Waals surface area (Å²) in [5.74, 6) is 0. The summed E-state index contributed by atoms with van der Waals surface area (Å²) in [5.41, 5.74) is 0. The van der Waals surface area contributed by atoms with Crippen molar-refractivity contribution in [1.29, 1.82) is 0 Å². The molecule has 0 amide bonds. The van der Waals surface area contributed by atoms with Crippen LogP contribution in [0.2, 0.25) is 0 Å². The van der Waals surface area contributed by atoms with Crippen LogP contribution in [0.4, 0.5) is 0 Å². The zero-order valence-corrected chi connectivity index (χ0v) is 12.2. The van der Waals surface area contributed by atoms with Gasteiger partial charge in [-0.25, -0.2) is 0 Å². The summed E-state index contributed by atoms with van der Waals surface area (Å²) in [5, 5.41) is 4.19. The maximum absolute atomic E-state index is 5.44. The Bertz CT molecular complexity index is 250. The van der Waals surface area contributed by atoms with Gasteiger partial charge in [0.15, 0.2) is 5.11 Å². The first kappa shape index (κ1) is 14.7. The van der Waals surface area contributed by atoms with Crippen molar-refractivity contribution in [2.75, 3.05) is 40.4 Å². The molecule has 0 saturated carbocycles. The molecule has 1 fully saturated rings. The van der Waals surface area contributed by atoms with Crippen molar-refractivity contribution in [2.45, 2.75) is 32.4 Å². The third kappa shape index (κ3) is 4.41. The van der Waals surface area contributed by atoms with Crippen molar-refractivity contribution in [3.63, 3.8) is 0 Å². The fraction of sp³-hybridized carbons (Fsp3) is 0.917. The number of rotatable bonds is 4. The molecule has 2 unspecified atom stereocenters. The molecule has 0 spiro atoms. The molecule has 0 aliphatic carbocycles. The molecule has 5 heteroatoms. The number of nitrogens with zero attached hydrogens (tertiary/aromatic N) is 2. The third-order valence-electron chi connectivity index (χ3n) is 3.32. The number of likely N-dealkylation sites (N-methyl/N-ethyl adjacent to an activating group) is 1. The minimum atomic E-state index is 0.271. The van der Waals surface area contributed by atoms with Gasteiger partial charge < -0.3 is 15.0 Å². The van der Waals surface area contributed by atoms with Crippen LogP contribution in [-0.4, -0.2) is 67.4 Å². The molecule has 4 nitrogen and oxygen atoms in total. The lowest BCUT2D eigenvalue weighted by Crippen LogP contribution is -2.56. The second kappa shape index (κ2) is 7.13. The Morgan fingerprint density at radius 3 is 2.82 bits per heavy atom. The van der Waals surface area contributed by atoms with E-state index < -0.39 is 0 Å². The molecule has 0 aromatic carbocycles. The number of methoxy groups -OCH3 is 1. The molecule has 0 aromatic rings. The molecule has 1 N–H and O–H groups in total. The van der Waals surface area contributed by atoms with Crippen LogP contribution in [0.25, 0.3) is 0 Å². The van der Waals surface area contributed by atoms with Gasteiger partial charge in [-0.2, -0.15) is 0 Å². The summed E-state index contributed by atoms with van der Waals surface area (Å²) in [7, 11) is 3.90. The highest BCUT2D eigenvalue weighted by Crippen LogP contribution is 2.10. The Morgan fingerprint density at radius 1 is 1.53 bits per heavy atom. The smallest absolute Gasteiger partial charge is 0.169 e. The predicted molar refractivity (Wildman–Crippen MR) is 75.4 cm³/mol. The summed E-state index contributed by atoms with van der Waals surface area (Å²) >= 11 is 5.44. The van der Waals surface area contributed by atoms with E-state index in [1.165, 1.54) is 6.42 Å². The van der Waals surface area contributed by atoms with Crippen molar-refractivity contribution in [3.8, 4) is 0 Å². The van der Waals surface area contributed by atoms with Crippen LogP contribution >= 0.6 is 12.2 Å². The largest absolute Gasteiger partial charge is 0.383 e. The molecular weight excluding hydrogens is 234 g/mol. The number of hydrogen-bond donors (Lipinski definition) is 1. The van der Waals surface area contributed by atoms with Gasteiger partial charge in [0.1, 0.15) is 0 Å². The standard InChI is InChI=1S/C12H25N3OS/c1-5-11-8-15(7-6-14(11)3)12(17)13-10(2)9-16-4/h10-11H,5-9H2,1-4H3,(H,13,17). The van der Waals surface area contributed by atoms with Crippen molar-refractivity contribution in [2.24, 2.45) is 0 Å². The van der Waals surface area contributed by atoms with E-state index >= 15 is 0 Å². The van der Waals surface area contributed by atoms with Gasteiger partial charge in [0.05, 0.1) is 6.61 Å². The van der Waals surface area contributed by atoms with Gasteiger partial charge in [-0.1, -0.05) is 6.92 Å². The van der Waals surface area contributed by atoms with Gasteiger partial charge in [0.2, 0.25) is 0 Å². The van der Waals surface area contributed by atoms with Crippen molar-refractivity contribution in [3.05, 3.63) is 0 Å². The van der Waals surface area contributed by atoms with E-state index in [0.29, 0.717) is 12.6 Å². The average molecular weight is 259 g/mol. The first-order chi connectivity index (χ1) is 8.08. The Morgan fingerprint density at radius 2 is 2.24 bits per heavy atom. The van der Waals surface area contributed by atoms with Gasteiger partial charge >= 0.3 is 0 Å². The second-order valence-corrected chi connectivity index (χ2v) is 5.18. The van der Waals surface area contributed by atoms with E-state index in [2.05, 4.69) is 36.0 Å². The Balaban J connectivity index is 2.42. The molecule has 2 atom stereocenters. The molecule has 0 bridgehead atoms. The van der Waals surface area contributed by atoms with E-state index in [1.54, 1.807) is 7.11 Å². The lowest BCUT2D eigenvalue weighted by Gasteiger charge is -2.40. The third-order valence-corrected chi connectivity index (χ3v) is 3.70. The zero-order valence-electron chi connectivity index (χ0n) is 11.4. The molecule has 17 heavy (non-hydrogen) atoms. The highest BCUT2D eigenvalue weighted by atomic mass is 32.1. The predicted octanol–water partition coefficient (Wildman–Crippen LogP) is 0.922. The maximum Gasteiger partial charge on any atom is 0.169 e. The Kier molecular flexibility index (Phi) is 6.16. The van der Waals surface area contributed by atoms with Crippen LogP contribution in [0, 0.1) is 0 Å². The summed E-state index contributed by atoms with van der Waals surface area (Å²) in [6.07, 6.45) is 1.17. The Labute approximate surface area is 110 Å². The molecule has 1 heterocycles. The molecular formula is C12H25N3OS. The van der Waals surface area contributed by atoms with Gasteiger partial charge in [-0.05, 0) is 32.6 Å². The van der Waals surface area contributed by atoms with Crippen LogP contribution in [0.5, 0.6) is 0 Å². The molecule has 1 aliphatic heterocycles. The fourth-order valence-electron chi connectivity index (χ4n) is 2.17. The quantitative estimate of drug-likeness (QED) is 0.758. The van der Waals surface area contributed by atoms with Crippen LogP contribution in [0.3, 0.4) is 0 Å². The topological polar surface area (TPSA) is 27.7 Å². The minimum absolute atomic E-state index is 0.271. The van der Waals surface area contributed by atoms with Gasteiger partial charge in [-0.15, -0.1) is 0 Å². The van der Waals surface area contributed by atoms with Gasteiger partial charge in [-0.3, -0.25) is 4.90 Å². The van der Waals surface area contributed by atoms with Crippen LogP contribution in [-0.2, 0) is 4.74 Å². The summed E-state index contributed by atoms with van der Waals surface area (Å²) in [6, 6.07) is 0.883. The summed E-state index contributed by atoms with van der Waals surface area (Å²) < 4.78 is 5.10. The van der Waals surface area contributed by atoms with Crippen LogP contribution in [0.1, 0.15) is 20.3 Å². The first-order valence-corrected chi connectivity index (χ1v) is 6.73. The zero-order chi connectivity index (χ0) is 12.8. The van der Waals surface area contributed by atoms with Gasteiger partial charge in [0.25, 0.3) is 0 Å². The normalized spacial score (nSPS) is 23.5. The lowest BCUT2D eigenvalue weighted by molar-refractivity contribution is 0.134. The molecule has 0 radical (unpaired) electrons. The highest BCUT2D eigenvalue weighted by molar-refractivity contribution is 7.80. The van der Waals surface area contributed by atoms with E-state index in [9.17, 15) is 0 Å². The first-order valence-electron chi connectivity index (χ1n) is 6.33. The van der Waals surface area contributed by atoms with Crippen molar-refractivity contribution < 1.29 is 4.74 Å². The number of ether oxygens (including phenoxy) is 1. The van der Waals surface area contributed by atoms with Gasteiger partial charge in [0, 0.05) is 38.8 Å².